The SMILES string of the molecule is Cc1cccc(Cn2c3ccccc3c3nnc(SCCCC(=O)NCCN4CCCC4)nc32)c1. The molecule has 1 N–H and O–H groups in total. The number of nitrogens with zero attached hydrogens (tertiary/aromatic N) is 5. The molecule has 0 bridgehead atoms. The van der Waals surface area contributed by atoms with Gasteiger partial charge in [-0.1, -0.05) is 59.8 Å². The second kappa shape index (κ2) is 11.2. The van der Waals surface area contributed by atoms with Crippen LogP contribution in [0.25, 0.3) is 22.1 Å². The number of aromatic nitrogens is 4. The van der Waals surface area contributed by atoms with Gasteiger partial charge in [-0.15, -0.1) is 10.2 Å². The molecule has 5 rings (SSSR count). The summed E-state index contributed by atoms with van der Waals surface area (Å²) in [6, 6.07) is 16.8. The van der Waals surface area contributed by atoms with Crippen LogP contribution in [0.1, 0.15) is 36.8 Å². The van der Waals surface area contributed by atoms with Crippen LogP contribution in [0, 0.1) is 6.92 Å². The first kappa shape index (κ1) is 23.8. The summed E-state index contributed by atoms with van der Waals surface area (Å²) in [5.41, 5.74) is 5.27. The molecule has 3 heterocycles. The number of likely N-dealkylation sites (tertiary alicyclic amines) is 1. The minimum Gasteiger partial charge on any atom is -0.355 e. The number of hydrogen-bond donors (Lipinski definition) is 1. The minimum absolute atomic E-state index is 0.123. The van der Waals surface area contributed by atoms with Gasteiger partial charge in [0.05, 0.1) is 5.52 Å². The average molecular weight is 489 g/mol. The third-order valence-corrected chi connectivity index (χ3v) is 7.43. The fraction of sp³-hybridized carbons (Fsp3) is 0.407. The van der Waals surface area contributed by atoms with Crippen LogP contribution >= 0.6 is 11.8 Å². The number of hydrogen-bond acceptors (Lipinski definition) is 6. The van der Waals surface area contributed by atoms with Crippen molar-refractivity contribution in [2.24, 2.45) is 0 Å². The Morgan fingerprint density at radius 1 is 1.09 bits per heavy atom. The summed E-state index contributed by atoms with van der Waals surface area (Å²) < 4.78 is 2.23. The fourth-order valence-corrected chi connectivity index (χ4v) is 5.47. The molecule has 1 amide bonds. The number of aryl methyl sites for hydroxylation is 1. The monoisotopic (exact) mass is 488 g/mol. The van der Waals surface area contributed by atoms with Gasteiger partial charge in [-0.3, -0.25) is 4.79 Å². The number of para-hydroxylation sites is 1. The normalized spacial score (nSPS) is 14.2. The molecular weight excluding hydrogens is 456 g/mol. The van der Waals surface area contributed by atoms with E-state index in [1.165, 1.54) is 24.0 Å². The van der Waals surface area contributed by atoms with E-state index < -0.39 is 0 Å². The van der Waals surface area contributed by atoms with E-state index in [4.69, 9.17) is 4.98 Å². The van der Waals surface area contributed by atoms with Crippen LogP contribution in [-0.4, -0.2) is 62.5 Å². The highest BCUT2D eigenvalue weighted by atomic mass is 32.2. The van der Waals surface area contributed by atoms with Gasteiger partial charge in [-0.25, -0.2) is 4.98 Å². The second-order valence-corrected chi connectivity index (χ2v) is 10.3. The van der Waals surface area contributed by atoms with Crippen molar-refractivity contribution < 1.29 is 4.79 Å². The highest BCUT2D eigenvalue weighted by Crippen LogP contribution is 2.28. The van der Waals surface area contributed by atoms with E-state index in [2.05, 4.69) is 68.3 Å². The van der Waals surface area contributed by atoms with E-state index in [9.17, 15) is 4.79 Å². The maximum atomic E-state index is 12.2. The zero-order valence-corrected chi connectivity index (χ0v) is 21.1. The lowest BCUT2D eigenvalue weighted by Gasteiger charge is -2.14. The molecular formula is C27H32N6OS. The molecule has 0 unspecified atom stereocenters. The molecule has 4 aromatic rings. The highest BCUT2D eigenvalue weighted by Gasteiger charge is 2.15. The molecule has 1 aliphatic heterocycles. The molecule has 1 saturated heterocycles. The molecule has 2 aromatic carbocycles. The van der Waals surface area contributed by atoms with Gasteiger partial charge in [0.2, 0.25) is 11.1 Å². The Kier molecular flexibility index (Phi) is 7.59. The molecule has 0 aliphatic carbocycles. The Labute approximate surface area is 210 Å². The van der Waals surface area contributed by atoms with Crippen molar-refractivity contribution in [3.05, 3.63) is 59.7 Å². The Morgan fingerprint density at radius 2 is 1.94 bits per heavy atom. The van der Waals surface area contributed by atoms with Crippen LogP contribution in [-0.2, 0) is 11.3 Å². The number of benzene rings is 2. The Morgan fingerprint density at radius 3 is 2.80 bits per heavy atom. The van der Waals surface area contributed by atoms with E-state index in [-0.39, 0.29) is 5.91 Å². The zero-order valence-electron chi connectivity index (χ0n) is 20.2. The van der Waals surface area contributed by atoms with E-state index in [1.807, 2.05) is 12.1 Å². The quantitative estimate of drug-likeness (QED) is 0.263. The number of carbonyl (C=O) groups excluding carboxylic acids is 1. The van der Waals surface area contributed by atoms with Gasteiger partial charge in [0.25, 0.3) is 0 Å². The van der Waals surface area contributed by atoms with Crippen molar-refractivity contribution in [3.8, 4) is 0 Å². The first-order valence-corrected chi connectivity index (χ1v) is 13.4. The average Bonchev–Trinajstić information content (AvgIpc) is 3.49. The molecule has 0 radical (unpaired) electrons. The van der Waals surface area contributed by atoms with Crippen molar-refractivity contribution in [1.29, 1.82) is 0 Å². The summed E-state index contributed by atoms with van der Waals surface area (Å²) in [4.78, 5) is 19.5. The summed E-state index contributed by atoms with van der Waals surface area (Å²) in [5.74, 6) is 0.905. The van der Waals surface area contributed by atoms with Gasteiger partial charge >= 0.3 is 0 Å². The van der Waals surface area contributed by atoms with Gasteiger partial charge < -0.3 is 14.8 Å². The lowest BCUT2D eigenvalue weighted by Crippen LogP contribution is -2.33. The van der Waals surface area contributed by atoms with E-state index in [1.54, 1.807) is 11.8 Å². The summed E-state index contributed by atoms with van der Waals surface area (Å²) in [6.07, 6.45) is 3.87. The van der Waals surface area contributed by atoms with Crippen LogP contribution in [0.3, 0.4) is 0 Å². The predicted octanol–water partition coefficient (Wildman–Crippen LogP) is 4.42. The van der Waals surface area contributed by atoms with Crippen molar-refractivity contribution in [2.45, 2.75) is 44.3 Å². The highest BCUT2D eigenvalue weighted by molar-refractivity contribution is 7.99. The summed E-state index contributed by atoms with van der Waals surface area (Å²) in [5, 5.41) is 13.7. The van der Waals surface area contributed by atoms with E-state index >= 15 is 0 Å². The molecule has 1 aliphatic rings. The molecule has 0 saturated carbocycles. The molecule has 8 heteroatoms. The summed E-state index contributed by atoms with van der Waals surface area (Å²) in [7, 11) is 0. The van der Waals surface area contributed by atoms with Crippen LogP contribution in [0.5, 0.6) is 0 Å². The number of fused-ring (bicyclic) bond motifs is 3. The zero-order chi connectivity index (χ0) is 24.0. The molecule has 2 aromatic heterocycles. The third-order valence-electron chi connectivity index (χ3n) is 6.51. The maximum absolute atomic E-state index is 12.2. The number of carbonyl (C=O) groups is 1. The van der Waals surface area contributed by atoms with Gasteiger partial charge in [0.15, 0.2) is 5.65 Å². The van der Waals surface area contributed by atoms with Crippen LogP contribution < -0.4 is 5.32 Å². The molecule has 182 valence electrons. The van der Waals surface area contributed by atoms with Crippen LogP contribution in [0.4, 0.5) is 0 Å². The summed E-state index contributed by atoms with van der Waals surface area (Å²) in [6.45, 7) is 6.86. The Bertz CT molecular complexity index is 1310. The van der Waals surface area contributed by atoms with Crippen molar-refractivity contribution in [2.75, 3.05) is 31.9 Å². The summed E-state index contributed by atoms with van der Waals surface area (Å²) >= 11 is 1.56. The van der Waals surface area contributed by atoms with Crippen molar-refractivity contribution in [3.63, 3.8) is 0 Å². The van der Waals surface area contributed by atoms with Crippen LogP contribution in [0.15, 0.2) is 53.7 Å². The first-order valence-electron chi connectivity index (χ1n) is 12.5. The molecule has 1 fully saturated rings. The van der Waals surface area contributed by atoms with E-state index in [0.29, 0.717) is 11.6 Å². The second-order valence-electron chi connectivity index (χ2n) is 9.21. The smallest absolute Gasteiger partial charge is 0.220 e. The first-order chi connectivity index (χ1) is 17.2. The third kappa shape index (κ3) is 5.82. The largest absolute Gasteiger partial charge is 0.355 e. The number of thioether (sulfide) groups is 1. The van der Waals surface area contributed by atoms with Crippen LogP contribution in [0.2, 0.25) is 0 Å². The molecule has 0 atom stereocenters. The molecule has 7 nitrogen and oxygen atoms in total. The molecule has 0 spiro atoms. The fourth-order valence-electron chi connectivity index (χ4n) is 4.75. The van der Waals surface area contributed by atoms with Crippen molar-refractivity contribution >= 4 is 39.7 Å². The van der Waals surface area contributed by atoms with Gasteiger partial charge in [-0.05, 0) is 50.9 Å². The van der Waals surface area contributed by atoms with Gasteiger partial charge in [0, 0.05) is 37.2 Å². The Balaban J connectivity index is 1.22. The number of amides is 1. The lowest BCUT2D eigenvalue weighted by molar-refractivity contribution is -0.121. The lowest BCUT2D eigenvalue weighted by atomic mass is 10.1. The van der Waals surface area contributed by atoms with E-state index in [0.717, 1.165) is 67.0 Å². The van der Waals surface area contributed by atoms with Gasteiger partial charge in [-0.2, -0.15) is 0 Å². The number of nitrogens with one attached hydrogen (secondary N) is 1. The molecule has 35 heavy (non-hydrogen) atoms. The predicted molar refractivity (Wildman–Crippen MR) is 142 cm³/mol. The van der Waals surface area contributed by atoms with Gasteiger partial charge in [0.1, 0.15) is 5.52 Å². The Hall–Kier alpha value is -2.97. The van der Waals surface area contributed by atoms with Crippen molar-refractivity contribution in [1.82, 2.24) is 30.0 Å². The maximum Gasteiger partial charge on any atom is 0.220 e. The number of rotatable bonds is 10. The standard InChI is InChI=1S/C27H32N6OS/c1-20-8-6-9-21(18-20)19-33-23-11-3-2-10-22(23)25-26(33)29-27(31-30-25)35-17-7-12-24(34)28-13-16-32-14-4-5-15-32/h2-3,6,8-11,18H,4-5,7,12-17,19H2,1H3,(H,28,34). The topological polar surface area (TPSA) is 75.9 Å². The minimum atomic E-state index is 0.123.